The van der Waals surface area contributed by atoms with Gasteiger partial charge in [-0.2, -0.15) is 0 Å². The van der Waals surface area contributed by atoms with E-state index in [1.54, 1.807) is 11.3 Å². The highest BCUT2D eigenvalue weighted by Crippen LogP contribution is 2.33. The van der Waals surface area contributed by atoms with Gasteiger partial charge in [0, 0.05) is 12.6 Å². The molecule has 0 aliphatic carbocycles. The van der Waals surface area contributed by atoms with Crippen molar-refractivity contribution in [3.63, 3.8) is 0 Å². The Kier molecular flexibility index (Phi) is 3.18. The van der Waals surface area contributed by atoms with Crippen molar-refractivity contribution in [2.75, 3.05) is 18.5 Å². The van der Waals surface area contributed by atoms with E-state index in [-0.39, 0.29) is 0 Å². The second-order valence-electron chi connectivity index (χ2n) is 4.18. The van der Waals surface area contributed by atoms with Crippen LogP contribution in [0.5, 0.6) is 0 Å². The first kappa shape index (κ1) is 11.3. The van der Waals surface area contributed by atoms with Crippen molar-refractivity contribution >= 4 is 38.8 Å². The van der Waals surface area contributed by atoms with Gasteiger partial charge in [0.25, 0.3) is 0 Å². The summed E-state index contributed by atoms with van der Waals surface area (Å²) in [4.78, 5) is 4.38. The van der Waals surface area contributed by atoms with Gasteiger partial charge >= 0.3 is 0 Å². The van der Waals surface area contributed by atoms with E-state index in [0.717, 1.165) is 47.0 Å². The van der Waals surface area contributed by atoms with Crippen LogP contribution >= 0.6 is 22.9 Å². The molecule has 3 rings (SSSR count). The second-order valence-corrected chi connectivity index (χ2v) is 5.47. The number of thiazole rings is 1. The van der Waals surface area contributed by atoms with Gasteiger partial charge in [0.05, 0.1) is 27.5 Å². The lowest BCUT2D eigenvalue weighted by Gasteiger charge is -2.24. The second kappa shape index (κ2) is 4.80. The van der Waals surface area contributed by atoms with Crippen molar-refractivity contribution in [2.24, 2.45) is 0 Å². The van der Waals surface area contributed by atoms with Crippen LogP contribution < -0.4 is 5.32 Å². The first-order valence-corrected chi connectivity index (χ1v) is 6.96. The van der Waals surface area contributed by atoms with Crippen molar-refractivity contribution in [3.8, 4) is 0 Å². The molecule has 0 spiro atoms. The van der Waals surface area contributed by atoms with E-state index in [1.807, 2.05) is 17.6 Å². The Bertz CT molecular complexity index is 522. The molecule has 1 atom stereocenters. The summed E-state index contributed by atoms with van der Waals surface area (Å²) < 4.78 is 6.63. The first-order valence-electron chi connectivity index (χ1n) is 5.70. The molecule has 1 fully saturated rings. The number of hydrogen-bond donors (Lipinski definition) is 1. The van der Waals surface area contributed by atoms with Gasteiger partial charge in [-0.05, 0) is 25.0 Å². The molecule has 3 nitrogen and oxygen atoms in total. The van der Waals surface area contributed by atoms with Crippen LogP contribution in [0.15, 0.2) is 17.6 Å². The summed E-state index contributed by atoms with van der Waals surface area (Å²) in [6.07, 6.45) is 2.22. The zero-order valence-corrected chi connectivity index (χ0v) is 10.9. The van der Waals surface area contributed by atoms with Gasteiger partial charge in [0.1, 0.15) is 5.52 Å². The van der Waals surface area contributed by atoms with E-state index in [1.165, 1.54) is 0 Å². The Morgan fingerprint density at radius 2 is 2.41 bits per heavy atom. The maximum absolute atomic E-state index is 6.24. The van der Waals surface area contributed by atoms with E-state index in [0.29, 0.717) is 6.04 Å². The molecule has 0 amide bonds. The van der Waals surface area contributed by atoms with Crippen LogP contribution in [0.1, 0.15) is 12.8 Å². The number of anilines is 1. The largest absolute Gasteiger partial charge is 0.379 e. The van der Waals surface area contributed by atoms with Crippen LogP contribution in [0.2, 0.25) is 5.02 Å². The Morgan fingerprint density at radius 3 is 3.24 bits per heavy atom. The highest BCUT2D eigenvalue weighted by molar-refractivity contribution is 7.16. The predicted molar refractivity (Wildman–Crippen MR) is 72.1 cm³/mol. The summed E-state index contributed by atoms with van der Waals surface area (Å²) in [5, 5.41) is 4.20. The minimum Gasteiger partial charge on any atom is -0.379 e. The van der Waals surface area contributed by atoms with Crippen molar-refractivity contribution in [3.05, 3.63) is 22.7 Å². The molecule has 0 saturated carbocycles. The van der Waals surface area contributed by atoms with Crippen LogP contribution in [0, 0.1) is 0 Å². The molecule has 1 saturated heterocycles. The van der Waals surface area contributed by atoms with Crippen molar-refractivity contribution in [1.29, 1.82) is 0 Å². The Balaban J connectivity index is 1.92. The number of fused-ring (bicyclic) bond motifs is 1. The van der Waals surface area contributed by atoms with Crippen LogP contribution in [0.4, 0.5) is 5.69 Å². The molecular formula is C12H13ClN2OS. The fourth-order valence-corrected chi connectivity index (χ4v) is 2.99. The summed E-state index contributed by atoms with van der Waals surface area (Å²) in [5.41, 5.74) is 3.76. The molecule has 1 aliphatic rings. The van der Waals surface area contributed by atoms with E-state index in [2.05, 4.69) is 10.3 Å². The van der Waals surface area contributed by atoms with E-state index in [4.69, 9.17) is 16.3 Å². The minimum absolute atomic E-state index is 0.341. The Labute approximate surface area is 109 Å². The highest BCUT2D eigenvalue weighted by Gasteiger charge is 2.17. The Hall–Kier alpha value is -0.840. The number of nitrogens with zero attached hydrogens (tertiary/aromatic N) is 1. The molecule has 17 heavy (non-hydrogen) atoms. The van der Waals surface area contributed by atoms with Crippen molar-refractivity contribution in [1.82, 2.24) is 4.98 Å². The first-order chi connectivity index (χ1) is 8.34. The molecule has 5 heteroatoms. The third-order valence-electron chi connectivity index (χ3n) is 2.96. The van der Waals surface area contributed by atoms with Crippen LogP contribution in [0.3, 0.4) is 0 Å². The summed E-state index contributed by atoms with van der Waals surface area (Å²) in [6, 6.07) is 4.28. The highest BCUT2D eigenvalue weighted by atomic mass is 35.5. The van der Waals surface area contributed by atoms with Crippen LogP contribution in [-0.4, -0.2) is 24.2 Å². The lowest BCUT2D eigenvalue weighted by Crippen LogP contribution is -2.30. The van der Waals surface area contributed by atoms with Gasteiger partial charge < -0.3 is 10.1 Å². The van der Waals surface area contributed by atoms with Crippen LogP contribution in [-0.2, 0) is 4.74 Å². The van der Waals surface area contributed by atoms with E-state index in [9.17, 15) is 0 Å². The number of aromatic nitrogens is 1. The maximum Gasteiger partial charge on any atom is 0.106 e. The third kappa shape index (κ3) is 2.25. The molecule has 90 valence electrons. The summed E-state index contributed by atoms with van der Waals surface area (Å²) >= 11 is 7.87. The zero-order valence-electron chi connectivity index (χ0n) is 9.28. The zero-order chi connectivity index (χ0) is 11.7. The molecule has 1 aromatic carbocycles. The molecule has 0 bridgehead atoms. The smallest absolute Gasteiger partial charge is 0.106 e. The topological polar surface area (TPSA) is 34.2 Å². The van der Waals surface area contributed by atoms with Crippen molar-refractivity contribution < 1.29 is 4.74 Å². The summed E-state index contributed by atoms with van der Waals surface area (Å²) in [5.74, 6) is 0. The normalized spacial score (nSPS) is 20.6. The lowest BCUT2D eigenvalue weighted by atomic mass is 10.1. The summed E-state index contributed by atoms with van der Waals surface area (Å²) in [7, 11) is 0. The molecule has 1 aromatic heterocycles. The SMILES string of the molecule is Clc1ccc2scnc2c1NC1CCCOC1. The van der Waals surface area contributed by atoms with Crippen molar-refractivity contribution in [2.45, 2.75) is 18.9 Å². The number of benzene rings is 1. The molecule has 2 aromatic rings. The van der Waals surface area contributed by atoms with Gasteiger partial charge in [-0.3, -0.25) is 0 Å². The average Bonchev–Trinajstić information content (AvgIpc) is 2.83. The molecule has 1 unspecified atom stereocenters. The number of halogens is 1. The fourth-order valence-electron chi connectivity index (χ4n) is 2.10. The third-order valence-corrected chi connectivity index (χ3v) is 4.07. The van der Waals surface area contributed by atoms with Gasteiger partial charge in [-0.15, -0.1) is 11.3 Å². The Morgan fingerprint density at radius 1 is 1.47 bits per heavy atom. The molecule has 1 aliphatic heterocycles. The minimum atomic E-state index is 0.341. The maximum atomic E-state index is 6.24. The molecule has 1 N–H and O–H groups in total. The van der Waals surface area contributed by atoms with E-state index >= 15 is 0 Å². The molecule has 0 radical (unpaired) electrons. The molecular weight excluding hydrogens is 256 g/mol. The van der Waals surface area contributed by atoms with E-state index < -0.39 is 0 Å². The standard InChI is InChI=1S/C12H13ClN2OS/c13-9-3-4-10-12(14-7-17-10)11(9)15-8-2-1-5-16-6-8/h3-4,7-8,15H,1-2,5-6H2. The van der Waals surface area contributed by atoms with Gasteiger partial charge in [-0.25, -0.2) is 4.98 Å². The van der Waals surface area contributed by atoms with Gasteiger partial charge in [-0.1, -0.05) is 11.6 Å². The van der Waals surface area contributed by atoms with Gasteiger partial charge in [0.15, 0.2) is 0 Å². The van der Waals surface area contributed by atoms with Crippen LogP contribution in [0.25, 0.3) is 10.2 Å². The van der Waals surface area contributed by atoms with Gasteiger partial charge in [0.2, 0.25) is 0 Å². The average molecular weight is 269 g/mol. The number of ether oxygens (including phenoxy) is 1. The molecule has 2 heterocycles. The summed E-state index contributed by atoms with van der Waals surface area (Å²) in [6.45, 7) is 1.61. The predicted octanol–water partition coefficient (Wildman–Crippen LogP) is 3.54. The fraction of sp³-hybridized carbons (Fsp3) is 0.417. The monoisotopic (exact) mass is 268 g/mol. The number of rotatable bonds is 2. The quantitative estimate of drug-likeness (QED) is 0.905. The number of hydrogen-bond acceptors (Lipinski definition) is 4. The lowest BCUT2D eigenvalue weighted by molar-refractivity contribution is 0.0876. The number of nitrogens with one attached hydrogen (secondary N) is 1.